The molecule has 0 aromatic heterocycles. The average Bonchev–Trinajstić information content (AvgIpc) is 3.25. The van der Waals surface area contributed by atoms with Crippen molar-refractivity contribution in [1.29, 1.82) is 0 Å². The van der Waals surface area contributed by atoms with Gasteiger partial charge < -0.3 is 39.8 Å². The van der Waals surface area contributed by atoms with Crippen molar-refractivity contribution in [2.75, 3.05) is 13.2 Å². The Morgan fingerprint density at radius 3 is 1.35 bits per heavy atom. The number of nitrogens with one attached hydrogen (secondary N) is 1. The number of aliphatic hydroxyl groups excluding tert-OH is 2. The highest BCUT2D eigenvalue weighted by atomic mass is 32.3. The Morgan fingerprint density at radius 1 is 0.621 bits per heavy atom. The Labute approximate surface area is 404 Å². The van der Waals surface area contributed by atoms with Gasteiger partial charge in [0, 0.05) is 6.42 Å². The molecule has 7 atom stereocenters. The van der Waals surface area contributed by atoms with E-state index in [1.165, 1.54) is 174 Å². The number of carbonyl (C=O) groups is 1. The van der Waals surface area contributed by atoms with Crippen LogP contribution in [0.1, 0.15) is 267 Å². The van der Waals surface area contributed by atoms with E-state index in [1.807, 2.05) is 6.08 Å². The number of rotatable bonds is 43. The highest BCUT2D eigenvalue weighted by molar-refractivity contribution is 7.80. The van der Waals surface area contributed by atoms with Gasteiger partial charge >= 0.3 is 0 Å². The lowest BCUT2D eigenvalue weighted by atomic mass is 9.61. The second kappa shape index (κ2) is 34.2. The number of aliphatic hydroxyl groups is 4. The summed E-state index contributed by atoms with van der Waals surface area (Å²) in [5, 5.41) is 48.3. The van der Waals surface area contributed by atoms with Crippen molar-refractivity contribution in [3.05, 3.63) is 12.2 Å². The summed E-state index contributed by atoms with van der Waals surface area (Å²) in [4.78, 5) is 13.3. The van der Waals surface area contributed by atoms with Gasteiger partial charge in [0.2, 0.25) is 16.3 Å². The molecule has 1 rings (SSSR count). The summed E-state index contributed by atoms with van der Waals surface area (Å²) < 4.78 is 53.1. The predicted octanol–water partition coefficient (Wildman–Crippen LogP) is 11.9. The third kappa shape index (κ3) is 23.2. The zero-order valence-electron chi connectivity index (χ0n) is 43.3. The van der Waals surface area contributed by atoms with E-state index < -0.39 is 63.9 Å². The average molecular weight is 961 g/mol. The molecule has 0 aromatic rings. The lowest BCUT2D eigenvalue weighted by Gasteiger charge is -2.66. The highest BCUT2D eigenvalue weighted by Gasteiger charge is 2.76. The van der Waals surface area contributed by atoms with Crippen molar-refractivity contribution < 1.29 is 51.8 Å². The molecule has 1 aliphatic rings. The molecule has 0 aromatic carbocycles. The molecule has 1 amide bonds. The van der Waals surface area contributed by atoms with Gasteiger partial charge in [-0.1, -0.05) is 219 Å². The number of ether oxygens (including phenoxy) is 2. The van der Waals surface area contributed by atoms with Crippen LogP contribution >= 0.6 is 0 Å². The van der Waals surface area contributed by atoms with Crippen LogP contribution < -0.4 is 5.32 Å². The van der Waals surface area contributed by atoms with Crippen LogP contribution in [-0.4, -0.2) is 92.9 Å². The first kappa shape index (κ1) is 62.9. The molecule has 0 radical (unpaired) electrons. The minimum Gasteiger partial charge on any atom is -0.726 e. The second-order valence-electron chi connectivity index (χ2n) is 20.7. The maximum absolute atomic E-state index is 13.3. The van der Waals surface area contributed by atoms with Gasteiger partial charge in [-0.3, -0.25) is 8.98 Å². The molecule has 0 spiro atoms. The van der Waals surface area contributed by atoms with Gasteiger partial charge in [-0.25, -0.2) is 8.42 Å². The number of amides is 1. The molecule has 5 N–H and O–H groups in total. The molecule has 1 saturated heterocycles. The fourth-order valence-corrected chi connectivity index (χ4v) is 10.3. The SMILES string of the molecule is CCCCCCCCCCCCC/C=C\C(O)C(COC1(C)OC(C)(CO)C(C)(O)C(C)(OS(=O)(=O)[O-])C1(C)O)NC(=O)CCCCCCCCCCCCCCCCCCCCCCC. The van der Waals surface area contributed by atoms with E-state index >= 15 is 0 Å². The molecular formula is C53H102NO11S-. The maximum atomic E-state index is 13.3. The zero-order valence-corrected chi connectivity index (χ0v) is 44.1. The molecule has 0 aliphatic carbocycles. The summed E-state index contributed by atoms with van der Waals surface area (Å²) in [6.45, 7) is 8.97. The molecule has 12 nitrogen and oxygen atoms in total. The topological polar surface area (TPSA) is 195 Å². The van der Waals surface area contributed by atoms with Crippen LogP contribution in [0.15, 0.2) is 12.2 Å². The first-order valence-electron chi connectivity index (χ1n) is 27.0. The first-order chi connectivity index (χ1) is 31.3. The second-order valence-corrected chi connectivity index (χ2v) is 21.6. The van der Waals surface area contributed by atoms with Gasteiger partial charge in [0.1, 0.15) is 22.4 Å². The molecule has 1 aliphatic heterocycles. The van der Waals surface area contributed by atoms with Crippen molar-refractivity contribution in [3.8, 4) is 0 Å². The van der Waals surface area contributed by atoms with Crippen LogP contribution in [0.4, 0.5) is 0 Å². The van der Waals surface area contributed by atoms with Gasteiger partial charge in [-0.05, 0) is 53.9 Å². The normalized spacial score (nSPS) is 25.7. The van der Waals surface area contributed by atoms with Crippen LogP contribution in [0, 0.1) is 0 Å². The number of hydrogen-bond acceptors (Lipinski definition) is 11. The standard InChI is InChI=1S/C53H103NO11S/c1-8-10-12-14-16-18-20-22-23-24-25-26-27-28-29-31-33-35-37-39-41-43-48(57)54-46(47(56)42-40-38-36-34-32-30-21-19-17-15-13-11-9-2)44-63-53(7)51(5,59)52(6,65-66(60,61)62)50(4,58)49(3,45-55)64-53/h40,42,46-47,55-56,58-59H,8-39,41,43-45H2,1-7H3,(H,54,57)(H,60,61,62)/p-1/b42-40-. The van der Waals surface area contributed by atoms with Gasteiger partial charge in [0.25, 0.3) is 0 Å². The number of carbonyl (C=O) groups excluding carboxylic acids is 1. The summed E-state index contributed by atoms with van der Waals surface area (Å²) in [7, 11) is -5.52. The fourth-order valence-electron chi connectivity index (χ4n) is 9.53. The van der Waals surface area contributed by atoms with Crippen molar-refractivity contribution in [2.24, 2.45) is 0 Å². The third-order valence-electron chi connectivity index (χ3n) is 14.9. The number of allylic oxidation sites excluding steroid dienone is 1. The largest absolute Gasteiger partial charge is 0.726 e. The molecule has 13 heteroatoms. The lowest BCUT2D eigenvalue weighted by Crippen LogP contribution is -2.85. The van der Waals surface area contributed by atoms with Crippen LogP contribution in [0.3, 0.4) is 0 Å². The Morgan fingerprint density at radius 2 is 0.985 bits per heavy atom. The van der Waals surface area contributed by atoms with Crippen LogP contribution in [0.2, 0.25) is 0 Å². The summed E-state index contributed by atoms with van der Waals surface area (Å²) in [5.74, 6) is -2.52. The highest BCUT2D eigenvalue weighted by Crippen LogP contribution is 2.56. The van der Waals surface area contributed by atoms with Crippen molar-refractivity contribution in [3.63, 3.8) is 0 Å². The minimum absolute atomic E-state index is 0.245. The predicted molar refractivity (Wildman–Crippen MR) is 267 cm³/mol. The summed E-state index contributed by atoms with van der Waals surface area (Å²) >= 11 is 0. The summed E-state index contributed by atoms with van der Waals surface area (Å²) in [5.41, 5.74) is -9.61. The smallest absolute Gasteiger partial charge is 0.220 e. The van der Waals surface area contributed by atoms with Crippen LogP contribution in [0.5, 0.6) is 0 Å². The molecule has 0 saturated carbocycles. The lowest BCUT2D eigenvalue weighted by molar-refractivity contribution is -0.453. The van der Waals surface area contributed by atoms with Crippen molar-refractivity contribution in [2.45, 2.75) is 307 Å². The molecule has 1 fully saturated rings. The van der Waals surface area contributed by atoms with E-state index in [1.54, 1.807) is 6.08 Å². The fraction of sp³-hybridized carbons (Fsp3) is 0.943. The Balaban J connectivity index is 2.68. The number of hydrogen-bond donors (Lipinski definition) is 5. The molecule has 1 heterocycles. The third-order valence-corrected chi connectivity index (χ3v) is 15.4. The molecule has 0 bridgehead atoms. The summed E-state index contributed by atoms with van der Waals surface area (Å²) in [6, 6.07) is -1.02. The van der Waals surface area contributed by atoms with Gasteiger partial charge in [0.15, 0.2) is 5.79 Å². The first-order valence-corrected chi connectivity index (χ1v) is 28.3. The monoisotopic (exact) mass is 961 g/mol. The Kier molecular flexibility index (Phi) is 32.6. The van der Waals surface area contributed by atoms with E-state index in [4.69, 9.17) is 13.7 Å². The van der Waals surface area contributed by atoms with E-state index in [-0.39, 0.29) is 12.3 Å². The quantitative estimate of drug-likeness (QED) is 0.0169. The van der Waals surface area contributed by atoms with Crippen LogP contribution in [-0.2, 0) is 28.9 Å². The van der Waals surface area contributed by atoms with Gasteiger partial charge in [0.05, 0.1) is 25.4 Å². The molecule has 392 valence electrons. The van der Waals surface area contributed by atoms with Crippen molar-refractivity contribution >= 4 is 16.3 Å². The van der Waals surface area contributed by atoms with Crippen molar-refractivity contribution in [1.82, 2.24) is 5.32 Å². The number of unbranched alkanes of at least 4 members (excludes halogenated alkanes) is 31. The molecular weight excluding hydrogens is 859 g/mol. The Bertz CT molecular complexity index is 1380. The summed E-state index contributed by atoms with van der Waals surface area (Å²) in [6.07, 6.45) is 43.5. The van der Waals surface area contributed by atoms with Crippen LogP contribution in [0.25, 0.3) is 0 Å². The van der Waals surface area contributed by atoms with Gasteiger partial charge in [-0.15, -0.1) is 0 Å². The van der Waals surface area contributed by atoms with Gasteiger partial charge in [-0.2, -0.15) is 0 Å². The Hall–Kier alpha value is -1.16. The van der Waals surface area contributed by atoms with E-state index in [9.17, 15) is 38.2 Å². The van der Waals surface area contributed by atoms with E-state index in [0.29, 0.717) is 6.42 Å². The van der Waals surface area contributed by atoms with E-state index in [0.717, 1.165) is 65.7 Å². The van der Waals surface area contributed by atoms with E-state index in [2.05, 4.69) is 19.2 Å². The minimum atomic E-state index is -5.52. The molecule has 66 heavy (non-hydrogen) atoms. The zero-order chi connectivity index (χ0) is 49.4. The molecule has 7 unspecified atom stereocenters. The maximum Gasteiger partial charge on any atom is 0.220 e.